The molecule has 85 heavy (non-hydrogen) atoms. The molecular formula is C55H80N12O18. The average molecular weight is 1200 g/mol. The van der Waals surface area contributed by atoms with Gasteiger partial charge in [0.15, 0.2) is 0 Å². The molecular weight excluding hydrogens is 1120 g/mol. The quantitative estimate of drug-likeness (QED) is 0.0320. The molecule has 3 rings (SSSR count). The van der Waals surface area contributed by atoms with Crippen molar-refractivity contribution in [3.63, 3.8) is 0 Å². The number of aliphatic hydroxyl groups excluding tert-OH is 2. The number of primary amides is 1. The van der Waals surface area contributed by atoms with E-state index in [9.17, 15) is 87.9 Å². The van der Waals surface area contributed by atoms with Crippen molar-refractivity contribution < 1.29 is 87.9 Å². The van der Waals surface area contributed by atoms with Crippen molar-refractivity contribution in [1.29, 1.82) is 0 Å². The molecule has 1 saturated heterocycles. The fraction of sp³-hybridized carbons (Fsp3) is 0.545. The van der Waals surface area contributed by atoms with Crippen molar-refractivity contribution in [2.45, 2.75) is 166 Å². The molecule has 0 unspecified atom stereocenters. The Morgan fingerprint density at radius 3 is 1.59 bits per heavy atom. The first kappa shape index (κ1) is 70.5. The number of nitrogens with one attached hydrogen (secondary N) is 9. The molecule has 0 radical (unpaired) electrons. The average Bonchev–Trinajstić information content (AvgIpc) is 4.18. The molecule has 2 aromatic rings. The first-order chi connectivity index (χ1) is 39.8. The molecule has 12 atom stereocenters. The molecule has 0 spiro atoms. The molecule has 30 heteroatoms. The number of aliphatic carboxylic acids is 2. The fourth-order valence-electron chi connectivity index (χ4n) is 8.74. The Bertz CT molecular complexity index is 2710. The lowest BCUT2D eigenvalue weighted by Gasteiger charge is -2.32. The highest BCUT2D eigenvalue weighted by atomic mass is 16.4. The number of nitrogens with zero attached hydrogens (tertiary/aromatic N) is 1. The van der Waals surface area contributed by atoms with Crippen LogP contribution in [0.25, 0.3) is 0 Å². The molecule has 0 aromatic heterocycles. The van der Waals surface area contributed by atoms with E-state index in [1.54, 1.807) is 56.3 Å². The molecule has 18 N–H and O–H groups in total. The van der Waals surface area contributed by atoms with Crippen molar-refractivity contribution in [2.24, 2.45) is 23.3 Å². The summed E-state index contributed by atoms with van der Waals surface area (Å²) in [6, 6.07) is -2.05. The van der Waals surface area contributed by atoms with Gasteiger partial charge in [0.05, 0.1) is 25.2 Å². The van der Waals surface area contributed by atoms with E-state index >= 15 is 0 Å². The number of nitrogens with two attached hydrogens (primary N) is 2. The van der Waals surface area contributed by atoms with E-state index in [4.69, 9.17) is 11.5 Å². The summed E-state index contributed by atoms with van der Waals surface area (Å²) in [4.78, 5) is 172. The van der Waals surface area contributed by atoms with Gasteiger partial charge in [-0.2, -0.15) is 0 Å². The second-order valence-corrected chi connectivity index (χ2v) is 21.4. The van der Waals surface area contributed by atoms with E-state index in [1.807, 2.05) is 0 Å². The first-order valence-corrected chi connectivity index (χ1v) is 27.5. The summed E-state index contributed by atoms with van der Waals surface area (Å²) in [7, 11) is 0. The van der Waals surface area contributed by atoms with E-state index in [0.717, 1.165) is 13.8 Å². The number of rotatable bonds is 33. The fourth-order valence-corrected chi connectivity index (χ4v) is 8.74. The molecule has 0 bridgehead atoms. The van der Waals surface area contributed by atoms with Crippen molar-refractivity contribution in [1.82, 2.24) is 52.8 Å². The van der Waals surface area contributed by atoms with Crippen molar-refractivity contribution >= 4 is 76.9 Å². The minimum atomic E-state index is -1.84. The Morgan fingerprint density at radius 2 is 1.06 bits per heavy atom. The van der Waals surface area contributed by atoms with E-state index in [0.29, 0.717) is 17.5 Å². The number of carbonyl (C=O) groups excluding carboxylic acids is 11. The molecule has 1 heterocycles. The van der Waals surface area contributed by atoms with Crippen LogP contribution in [0.4, 0.5) is 0 Å². The number of aliphatic hydroxyl groups is 2. The molecule has 468 valence electrons. The van der Waals surface area contributed by atoms with Crippen LogP contribution in [0.15, 0.2) is 54.6 Å². The summed E-state index contributed by atoms with van der Waals surface area (Å²) >= 11 is 0. The van der Waals surface area contributed by atoms with Crippen LogP contribution in [-0.4, -0.2) is 193 Å². The van der Waals surface area contributed by atoms with Gasteiger partial charge in [-0.25, -0.2) is 4.79 Å². The molecule has 11 amide bonds. The molecule has 2 aromatic carbocycles. The zero-order chi connectivity index (χ0) is 64.0. The first-order valence-electron chi connectivity index (χ1n) is 27.5. The van der Waals surface area contributed by atoms with Crippen molar-refractivity contribution in [3.05, 3.63) is 65.7 Å². The number of phenols is 1. The molecule has 1 fully saturated rings. The summed E-state index contributed by atoms with van der Waals surface area (Å²) in [5, 5.41) is 70.6. The number of amides is 11. The Labute approximate surface area is 490 Å². The standard InChI is InChI=1S/C55H80N12O18/c1-26(2)42(52(81)59-29(6)46(75)63-38(25-68)50(79)60-35(19-20-41(72)73)48(77)58-28(5)45(74)62-37(55(84)85)23-31-12-9-8-10-13-31)64-49(78)36(24-40(57)71)61-53(82)44(30(7)69)66-51(80)39-14-11-21-67(39)54(83)43(27(3)4)65-47(76)34(56)22-32-15-17-33(70)18-16-32/h8-10,12-13,15-18,26-30,34-39,42-44,68-70H,11,14,19-25,56H2,1-7H3,(H2,57,71)(H,58,77)(H,59,81)(H,60,79)(H,61,82)(H,62,74)(H,63,75)(H,64,78)(H,65,76)(H,66,80)(H,72,73)(H,84,85)/t28-,29-,30+,34-,35-,36-,37-,38-,39-,42-,43-,44-/m0/s1. The van der Waals surface area contributed by atoms with Gasteiger partial charge in [-0.15, -0.1) is 0 Å². The lowest BCUT2D eigenvalue weighted by Crippen LogP contribution is -2.62. The van der Waals surface area contributed by atoms with Crippen molar-refractivity contribution in [3.8, 4) is 5.75 Å². The van der Waals surface area contributed by atoms with Crippen LogP contribution in [0.5, 0.6) is 5.75 Å². The minimum Gasteiger partial charge on any atom is -0.508 e. The van der Waals surface area contributed by atoms with Gasteiger partial charge in [0.1, 0.15) is 66.2 Å². The monoisotopic (exact) mass is 1200 g/mol. The maximum atomic E-state index is 14.0. The second-order valence-electron chi connectivity index (χ2n) is 21.4. The number of carboxylic acid groups (broad SMARTS) is 2. The predicted molar refractivity (Wildman–Crippen MR) is 300 cm³/mol. The van der Waals surface area contributed by atoms with Crippen LogP contribution in [0.1, 0.15) is 91.7 Å². The van der Waals surface area contributed by atoms with Crippen LogP contribution in [0.2, 0.25) is 0 Å². The second kappa shape index (κ2) is 33.5. The topological polar surface area (TPSA) is 487 Å². The highest BCUT2D eigenvalue weighted by Crippen LogP contribution is 2.22. The van der Waals surface area contributed by atoms with Crippen molar-refractivity contribution in [2.75, 3.05) is 13.2 Å². The number of phenolic OH excluding ortho intramolecular Hbond substituents is 1. The Balaban J connectivity index is 1.67. The number of likely N-dealkylation sites (tertiary alicyclic amines) is 1. The maximum absolute atomic E-state index is 14.0. The van der Waals surface area contributed by atoms with Gasteiger partial charge in [-0.05, 0) is 81.5 Å². The third kappa shape index (κ3) is 22.4. The molecule has 1 aliphatic heterocycles. The zero-order valence-electron chi connectivity index (χ0n) is 48.3. The molecule has 0 aliphatic carbocycles. The highest BCUT2D eigenvalue weighted by Gasteiger charge is 2.42. The molecule has 1 aliphatic rings. The van der Waals surface area contributed by atoms with Crippen LogP contribution in [0.3, 0.4) is 0 Å². The van der Waals surface area contributed by atoms with Gasteiger partial charge >= 0.3 is 11.9 Å². The van der Waals surface area contributed by atoms with Gasteiger partial charge in [0, 0.05) is 19.4 Å². The van der Waals surface area contributed by atoms with E-state index in [1.165, 1.54) is 37.8 Å². The molecule has 0 saturated carbocycles. The number of aromatic hydroxyl groups is 1. The van der Waals surface area contributed by atoms with Gasteiger partial charge < -0.3 is 89.8 Å². The number of benzene rings is 2. The normalized spacial score (nSPS) is 16.8. The number of carboxylic acids is 2. The lowest BCUT2D eigenvalue weighted by molar-refractivity contribution is -0.143. The van der Waals surface area contributed by atoms with E-state index < -0.39 is 187 Å². The third-order valence-corrected chi connectivity index (χ3v) is 13.6. The summed E-state index contributed by atoms with van der Waals surface area (Å²) in [6.45, 7) is 8.79. The van der Waals surface area contributed by atoms with Crippen LogP contribution < -0.4 is 59.3 Å². The molecule has 30 nitrogen and oxygen atoms in total. The van der Waals surface area contributed by atoms with Gasteiger partial charge in [0.25, 0.3) is 0 Å². The number of hydrogen-bond donors (Lipinski definition) is 16. The maximum Gasteiger partial charge on any atom is 0.326 e. The minimum absolute atomic E-state index is 0.0192. The summed E-state index contributed by atoms with van der Waals surface area (Å²) < 4.78 is 0. The zero-order valence-corrected chi connectivity index (χ0v) is 48.3. The van der Waals surface area contributed by atoms with Gasteiger partial charge in [0.2, 0.25) is 65.0 Å². The SMILES string of the molecule is CC(C)[C@H](NC(=O)[C@H](CC(N)=O)NC(=O)[C@@H](NC(=O)[C@@H]1CCCN1C(=O)[C@@H](NC(=O)[C@@H](N)Cc1ccc(O)cc1)C(C)C)[C@@H](C)O)C(=O)N[C@@H](C)C(=O)N[C@@H](CO)C(=O)N[C@@H](CCC(=O)O)C(=O)N[C@@H](C)C(=O)N[C@@H](Cc1ccccc1)C(=O)O. The summed E-state index contributed by atoms with van der Waals surface area (Å²) in [6.07, 6.45) is -3.32. The lowest BCUT2D eigenvalue weighted by atomic mass is 10.00. The Morgan fingerprint density at radius 1 is 0.565 bits per heavy atom. The smallest absolute Gasteiger partial charge is 0.326 e. The van der Waals surface area contributed by atoms with Crippen LogP contribution in [-0.2, 0) is 75.2 Å². The van der Waals surface area contributed by atoms with Crippen LogP contribution in [0, 0.1) is 11.8 Å². The third-order valence-electron chi connectivity index (χ3n) is 13.6. The summed E-state index contributed by atoms with van der Waals surface area (Å²) in [5.74, 6) is -15.0. The summed E-state index contributed by atoms with van der Waals surface area (Å²) in [5.41, 5.74) is 12.8. The Hall–Kier alpha value is -8.77. The van der Waals surface area contributed by atoms with E-state index in [-0.39, 0.29) is 31.6 Å². The number of carbonyl (C=O) groups is 13. The predicted octanol–water partition coefficient (Wildman–Crippen LogP) is -4.59. The largest absolute Gasteiger partial charge is 0.508 e. The Kier molecular flexibility index (Phi) is 27.8. The van der Waals surface area contributed by atoms with E-state index in [2.05, 4.69) is 47.9 Å². The van der Waals surface area contributed by atoms with Crippen LogP contribution >= 0.6 is 0 Å². The highest BCUT2D eigenvalue weighted by molar-refractivity contribution is 6.00. The number of hydrogen-bond acceptors (Lipinski definition) is 17. The van der Waals surface area contributed by atoms with Gasteiger partial charge in [-0.1, -0.05) is 70.2 Å². The van der Waals surface area contributed by atoms with Gasteiger partial charge in [-0.3, -0.25) is 57.5 Å².